The zero-order chi connectivity index (χ0) is 10.0. The van der Waals surface area contributed by atoms with Crippen LogP contribution < -0.4 is 10.2 Å². The first-order valence-electron chi connectivity index (χ1n) is 3.46. The second kappa shape index (κ2) is 4.08. The molecule has 0 fully saturated rings. The predicted octanol–water partition coefficient (Wildman–Crippen LogP) is 0.277. The molecule has 1 rings (SSSR count). The fourth-order valence-electron chi connectivity index (χ4n) is 0.944. The summed E-state index contributed by atoms with van der Waals surface area (Å²) in [6, 6.07) is 2.88. The first-order chi connectivity index (χ1) is 6.07. The van der Waals surface area contributed by atoms with Crippen molar-refractivity contribution >= 4 is 28.5 Å². The van der Waals surface area contributed by atoms with E-state index in [1.807, 2.05) is 0 Å². The smallest absolute Gasteiger partial charge is 0.492 e. The summed E-state index contributed by atoms with van der Waals surface area (Å²) in [6.07, 6.45) is 0. The number of methoxy groups -OCH3 is 1. The molecule has 6 heteroatoms. The molecule has 1 aromatic carbocycles. The highest BCUT2D eigenvalue weighted by Gasteiger charge is 2.22. The molecule has 0 unspecified atom stereocenters. The molecule has 0 aromatic heterocycles. The van der Waals surface area contributed by atoms with E-state index in [4.69, 9.17) is 10.0 Å². The van der Waals surface area contributed by atoms with Crippen LogP contribution in [-0.4, -0.2) is 24.3 Å². The van der Waals surface area contributed by atoms with Crippen molar-refractivity contribution in [2.75, 3.05) is 7.11 Å². The molecule has 0 aliphatic heterocycles. The molecule has 70 valence electrons. The molecule has 13 heavy (non-hydrogen) atoms. The van der Waals surface area contributed by atoms with Crippen LogP contribution in [-0.2, 0) is 0 Å². The minimum absolute atomic E-state index is 0.0219. The van der Waals surface area contributed by atoms with Gasteiger partial charge in [0.1, 0.15) is 0 Å². The van der Waals surface area contributed by atoms with Crippen molar-refractivity contribution in [1.82, 2.24) is 0 Å². The number of hydrogen-bond donors (Lipinski definition) is 2. The number of rotatable bonds is 2. The summed E-state index contributed by atoms with van der Waals surface area (Å²) in [5, 5.41) is 17.7. The van der Waals surface area contributed by atoms with Gasteiger partial charge in [-0.05, 0) is 12.1 Å². The highest BCUT2D eigenvalue weighted by atomic mass is 79.9. The predicted molar refractivity (Wildman–Crippen MR) is 50.5 cm³/mol. The molecule has 0 radical (unpaired) electrons. The summed E-state index contributed by atoms with van der Waals surface area (Å²) in [7, 11) is -0.552. The SMILES string of the molecule is COc1ccc(Br)c(B(O)O)c1F. The maximum Gasteiger partial charge on any atom is 0.492 e. The molecule has 1 aromatic rings. The molecule has 0 aliphatic carbocycles. The molecule has 0 aliphatic rings. The Morgan fingerprint density at radius 2 is 2.08 bits per heavy atom. The zero-order valence-corrected chi connectivity index (χ0v) is 8.38. The van der Waals surface area contributed by atoms with Gasteiger partial charge in [-0.15, -0.1) is 0 Å². The summed E-state index contributed by atoms with van der Waals surface area (Å²) in [6.45, 7) is 0. The van der Waals surface area contributed by atoms with E-state index in [0.29, 0.717) is 4.47 Å². The molecule has 0 spiro atoms. The van der Waals surface area contributed by atoms with E-state index in [2.05, 4.69) is 20.7 Å². The first-order valence-corrected chi connectivity index (χ1v) is 4.25. The van der Waals surface area contributed by atoms with Crippen LogP contribution in [0.1, 0.15) is 0 Å². The molecule has 0 amide bonds. The minimum Gasteiger partial charge on any atom is -0.494 e. The molecule has 0 saturated carbocycles. The van der Waals surface area contributed by atoms with Gasteiger partial charge >= 0.3 is 7.12 Å². The third-order valence-corrected chi connectivity index (χ3v) is 2.26. The number of hydrogen-bond acceptors (Lipinski definition) is 3. The van der Waals surface area contributed by atoms with Gasteiger partial charge in [-0.3, -0.25) is 0 Å². The second-order valence-electron chi connectivity index (χ2n) is 2.35. The van der Waals surface area contributed by atoms with E-state index in [1.165, 1.54) is 19.2 Å². The largest absolute Gasteiger partial charge is 0.494 e. The third-order valence-electron chi connectivity index (χ3n) is 1.57. The lowest BCUT2D eigenvalue weighted by Crippen LogP contribution is -2.34. The van der Waals surface area contributed by atoms with Gasteiger partial charge in [0.05, 0.1) is 7.11 Å². The third kappa shape index (κ3) is 2.01. The van der Waals surface area contributed by atoms with Crippen molar-refractivity contribution in [2.24, 2.45) is 0 Å². The van der Waals surface area contributed by atoms with E-state index in [-0.39, 0.29) is 11.2 Å². The van der Waals surface area contributed by atoms with Crippen LogP contribution in [0.4, 0.5) is 4.39 Å². The van der Waals surface area contributed by atoms with Crippen LogP contribution in [0.5, 0.6) is 5.75 Å². The Balaban J connectivity index is 3.30. The van der Waals surface area contributed by atoms with Gasteiger partial charge < -0.3 is 14.8 Å². The maximum atomic E-state index is 13.3. The van der Waals surface area contributed by atoms with Gasteiger partial charge in [-0.1, -0.05) is 15.9 Å². The summed E-state index contributed by atoms with van der Waals surface area (Å²) >= 11 is 3.00. The van der Waals surface area contributed by atoms with E-state index >= 15 is 0 Å². The molecule has 0 heterocycles. The van der Waals surface area contributed by atoms with E-state index in [9.17, 15) is 4.39 Å². The topological polar surface area (TPSA) is 49.7 Å². The van der Waals surface area contributed by atoms with Gasteiger partial charge in [-0.25, -0.2) is 4.39 Å². The van der Waals surface area contributed by atoms with Gasteiger partial charge in [0, 0.05) is 9.94 Å². The minimum atomic E-state index is -1.86. The van der Waals surface area contributed by atoms with E-state index < -0.39 is 12.9 Å². The summed E-state index contributed by atoms with van der Waals surface area (Å²) in [5.41, 5.74) is -0.223. The molecule has 3 nitrogen and oxygen atoms in total. The molecule has 0 bridgehead atoms. The Bertz CT molecular complexity index is 319. The first kappa shape index (κ1) is 10.5. The van der Waals surface area contributed by atoms with E-state index in [0.717, 1.165) is 0 Å². The molecule has 0 atom stereocenters. The molecular weight excluding hydrogens is 242 g/mol. The average molecular weight is 249 g/mol. The summed E-state index contributed by atoms with van der Waals surface area (Å²) in [4.78, 5) is 0. The Labute approximate surface area is 83.4 Å². The van der Waals surface area contributed by atoms with Gasteiger partial charge in [-0.2, -0.15) is 0 Å². The number of benzene rings is 1. The van der Waals surface area contributed by atoms with Crippen molar-refractivity contribution in [1.29, 1.82) is 0 Å². The standard InChI is InChI=1S/C7H7BBrFO3/c1-13-5-3-2-4(9)6(7(5)10)8(11)12/h2-3,11-12H,1H3. The Kier molecular flexibility index (Phi) is 3.30. The van der Waals surface area contributed by atoms with Crippen molar-refractivity contribution in [3.8, 4) is 5.75 Å². The summed E-state index contributed by atoms with van der Waals surface area (Å²) < 4.78 is 18.3. The number of halogens is 2. The molecular formula is C7H7BBrFO3. The van der Waals surface area contributed by atoms with Crippen LogP contribution in [0.15, 0.2) is 16.6 Å². The Morgan fingerprint density at radius 1 is 1.46 bits per heavy atom. The van der Waals surface area contributed by atoms with Crippen LogP contribution in [0.2, 0.25) is 0 Å². The lowest BCUT2D eigenvalue weighted by Gasteiger charge is -2.08. The lowest BCUT2D eigenvalue weighted by atomic mass is 9.80. The highest BCUT2D eigenvalue weighted by Crippen LogP contribution is 2.19. The monoisotopic (exact) mass is 248 g/mol. The lowest BCUT2D eigenvalue weighted by molar-refractivity contribution is 0.383. The van der Waals surface area contributed by atoms with Crippen LogP contribution in [0, 0.1) is 5.82 Å². The normalized spacial score (nSPS) is 9.92. The van der Waals surface area contributed by atoms with Crippen molar-refractivity contribution in [3.05, 3.63) is 22.4 Å². The second-order valence-corrected chi connectivity index (χ2v) is 3.21. The fraction of sp³-hybridized carbons (Fsp3) is 0.143. The molecule has 2 N–H and O–H groups in total. The zero-order valence-electron chi connectivity index (χ0n) is 6.79. The van der Waals surface area contributed by atoms with Crippen LogP contribution in [0.25, 0.3) is 0 Å². The Morgan fingerprint density at radius 3 is 2.54 bits per heavy atom. The van der Waals surface area contributed by atoms with Crippen molar-refractivity contribution < 1.29 is 19.2 Å². The summed E-state index contributed by atoms with van der Waals surface area (Å²) in [5.74, 6) is -0.793. The maximum absolute atomic E-state index is 13.3. The van der Waals surface area contributed by atoms with Gasteiger partial charge in [0.25, 0.3) is 0 Å². The van der Waals surface area contributed by atoms with Crippen LogP contribution in [0.3, 0.4) is 0 Å². The van der Waals surface area contributed by atoms with Crippen molar-refractivity contribution in [3.63, 3.8) is 0 Å². The quantitative estimate of drug-likeness (QED) is 0.740. The van der Waals surface area contributed by atoms with Crippen molar-refractivity contribution in [2.45, 2.75) is 0 Å². The molecule has 0 saturated heterocycles. The highest BCUT2D eigenvalue weighted by molar-refractivity contribution is 9.10. The average Bonchev–Trinajstić information content (AvgIpc) is 2.04. The van der Waals surface area contributed by atoms with Gasteiger partial charge in [0.15, 0.2) is 11.6 Å². The Hall–Kier alpha value is -0.585. The van der Waals surface area contributed by atoms with Gasteiger partial charge in [0.2, 0.25) is 0 Å². The van der Waals surface area contributed by atoms with Crippen LogP contribution >= 0.6 is 15.9 Å². The fourth-order valence-corrected chi connectivity index (χ4v) is 1.45. The van der Waals surface area contributed by atoms with E-state index in [1.54, 1.807) is 0 Å². The number of ether oxygens (including phenoxy) is 1.